The molecule has 0 aromatic heterocycles. The number of aliphatic carboxylic acids is 1. The molecule has 0 unspecified atom stereocenters. The van der Waals surface area contributed by atoms with E-state index < -0.39 is 12.1 Å². The van der Waals surface area contributed by atoms with E-state index in [1.165, 1.54) is 45.4 Å². The standard InChI is InChI=1S/C10H20N2.C2HF3O2/c1-2-10-7-11-5-6-12(10)8-9-3-4-9;3-2(4,5)1(6)7/h9-11H,2-8H2,1H3;(H,6,7)/t10-;/m0./s1. The number of nitrogens with one attached hydrogen (secondary N) is 1. The number of carbonyl (C=O) groups is 1. The van der Waals surface area contributed by atoms with Crippen molar-refractivity contribution in [1.29, 1.82) is 0 Å². The zero-order valence-electron chi connectivity index (χ0n) is 11.0. The van der Waals surface area contributed by atoms with Crippen LogP contribution in [0.5, 0.6) is 0 Å². The molecule has 2 aliphatic rings. The Kier molecular flexibility index (Phi) is 6.06. The lowest BCUT2D eigenvalue weighted by atomic mass is 10.1. The predicted octanol–water partition coefficient (Wildman–Crippen LogP) is 1.71. The first-order valence-electron chi connectivity index (χ1n) is 6.59. The number of hydrogen-bond donors (Lipinski definition) is 2. The number of alkyl halides is 3. The van der Waals surface area contributed by atoms with Gasteiger partial charge in [-0.1, -0.05) is 6.92 Å². The largest absolute Gasteiger partial charge is 0.490 e. The van der Waals surface area contributed by atoms with Crippen molar-refractivity contribution in [1.82, 2.24) is 10.2 Å². The van der Waals surface area contributed by atoms with Gasteiger partial charge in [-0.15, -0.1) is 0 Å². The van der Waals surface area contributed by atoms with Gasteiger partial charge in [-0.2, -0.15) is 13.2 Å². The lowest BCUT2D eigenvalue weighted by Crippen LogP contribution is -2.51. The fourth-order valence-electron chi connectivity index (χ4n) is 2.08. The van der Waals surface area contributed by atoms with E-state index in [1.807, 2.05) is 0 Å². The summed E-state index contributed by atoms with van der Waals surface area (Å²) in [6.07, 6.45) is -0.805. The van der Waals surface area contributed by atoms with Gasteiger partial charge in [-0.3, -0.25) is 4.90 Å². The van der Waals surface area contributed by atoms with Crippen LogP contribution in [0.4, 0.5) is 13.2 Å². The van der Waals surface area contributed by atoms with E-state index in [9.17, 15) is 13.2 Å². The molecule has 2 fully saturated rings. The topological polar surface area (TPSA) is 52.6 Å². The van der Waals surface area contributed by atoms with Gasteiger partial charge in [0.1, 0.15) is 0 Å². The highest BCUT2D eigenvalue weighted by molar-refractivity contribution is 5.73. The summed E-state index contributed by atoms with van der Waals surface area (Å²) in [6, 6.07) is 0.819. The summed E-state index contributed by atoms with van der Waals surface area (Å²) in [5.74, 6) is -1.70. The van der Waals surface area contributed by atoms with E-state index in [1.54, 1.807) is 0 Å². The van der Waals surface area contributed by atoms with E-state index in [-0.39, 0.29) is 0 Å². The molecule has 1 atom stereocenters. The maximum Gasteiger partial charge on any atom is 0.490 e. The number of hydrogen-bond acceptors (Lipinski definition) is 3. The smallest absolute Gasteiger partial charge is 0.475 e. The Morgan fingerprint density at radius 1 is 1.42 bits per heavy atom. The van der Waals surface area contributed by atoms with Crippen LogP contribution in [0.2, 0.25) is 0 Å². The van der Waals surface area contributed by atoms with Crippen LogP contribution >= 0.6 is 0 Å². The first-order valence-corrected chi connectivity index (χ1v) is 6.59. The number of carboxylic acids is 1. The molecular formula is C12H21F3N2O2. The first kappa shape index (κ1) is 16.2. The van der Waals surface area contributed by atoms with Crippen molar-refractivity contribution >= 4 is 5.97 Å². The molecule has 2 rings (SSSR count). The Hall–Kier alpha value is -0.820. The zero-order chi connectivity index (χ0) is 14.5. The summed E-state index contributed by atoms with van der Waals surface area (Å²) in [5, 5.41) is 10.6. The van der Waals surface area contributed by atoms with Crippen molar-refractivity contribution < 1.29 is 23.1 Å². The number of piperazine rings is 1. The quantitative estimate of drug-likeness (QED) is 0.827. The van der Waals surface area contributed by atoms with E-state index in [4.69, 9.17) is 9.90 Å². The van der Waals surface area contributed by atoms with Crippen LogP contribution in [0, 0.1) is 5.92 Å². The van der Waals surface area contributed by atoms with Gasteiger partial charge >= 0.3 is 12.1 Å². The molecule has 0 aromatic rings. The third-order valence-electron chi connectivity index (χ3n) is 3.38. The Morgan fingerprint density at radius 3 is 2.42 bits per heavy atom. The second-order valence-electron chi connectivity index (χ2n) is 5.01. The van der Waals surface area contributed by atoms with Crippen molar-refractivity contribution in [3.8, 4) is 0 Å². The van der Waals surface area contributed by atoms with Crippen molar-refractivity contribution in [2.24, 2.45) is 5.92 Å². The maximum atomic E-state index is 10.6. The Morgan fingerprint density at radius 2 is 2.00 bits per heavy atom. The minimum absolute atomic E-state index is 0.819. The van der Waals surface area contributed by atoms with E-state index >= 15 is 0 Å². The molecule has 0 amide bonds. The predicted molar refractivity (Wildman–Crippen MR) is 64.9 cm³/mol. The minimum atomic E-state index is -5.08. The molecule has 1 aliphatic carbocycles. The van der Waals surface area contributed by atoms with Gasteiger partial charge in [0, 0.05) is 32.2 Å². The molecular weight excluding hydrogens is 261 g/mol. The highest BCUT2D eigenvalue weighted by Gasteiger charge is 2.38. The lowest BCUT2D eigenvalue weighted by Gasteiger charge is -2.35. The molecule has 0 radical (unpaired) electrons. The Balaban J connectivity index is 0.000000224. The van der Waals surface area contributed by atoms with Crippen LogP contribution in [-0.2, 0) is 4.79 Å². The number of rotatable bonds is 3. The van der Waals surface area contributed by atoms with Gasteiger partial charge < -0.3 is 10.4 Å². The summed E-state index contributed by atoms with van der Waals surface area (Å²) >= 11 is 0. The first-order chi connectivity index (χ1) is 8.84. The van der Waals surface area contributed by atoms with Crippen LogP contribution in [0.1, 0.15) is 26.2 Å². The zero-order valence-corrected chi connectivity index (χ0v) is 11.0. The molecule has 112 valence electrons. The normalized spacial score (nSPS) is 24.5. The molecule has 0 spiro atoms. The fourth-order valence-corrected chi connectivity index (χ4v) is 2.08. The van der Waals surface area contributed by atoms with Crippen LogP contribution in [0.25, 0.3) is 0 Å². The second-order valence-corrected chi connectivity index (χ2v) is 5.01. The molecule has 0 aromatic carbocycles. The number of halogens is 3. The van der Waals surface area contributed by atoms with E-state index in [2.05, 4.69) is 17.1 Å². The number of carboxylic acid groups (broad SMARTS) is 1. The molecule has 1 heterocycles. The fraction of sp³-hybridized carbons (Fsp3) is 0.917. The third-order valence-corrected chi connectivity index (χ3v) is 3.38. The molecule has 7 heteroatoms. The molecule has 0 bridgehead atoms. The number of nitrogens with zero attached hydrogens (tertiary/aromatic N) is 1. The van der Waals surface area contributed by atoms with Gasteiger partial charge in [0.25, 0.3) is 0 Å². The summed E-state index contributed by atoms with van der Waals surface area (Å²) in [5.41, 5.74) is 0. The third kappa shape index (κ3) is 6.24. The molecule has 1 aliphatic heterocycles. The highest BCUT2D eigenvalue weighted by Crippen LogP contribution is 2.30. The van der Waals surface area contributed by atoms with Crippen LogP contribution in [-0.4, -0.2) is 54.4 Å². The van der Waals surface area contributed by atoms with Gasteiger partial charge in [0.2, 0.25) is 0 Å². The molecule has 2 N–H and O–H groups in total. The minimum Gasteiger partial charge on any atom is -0.475 e. The highest BCUT2D eigenvalue weighted by atomic mass is 19.4. The van der Waals surface area contributed by atoms with Crippen molar-refractivity contribution in [2.75, 3.05) is 26.2 Å². The maximum absolute atomic E-state index is 10.6. The second kappa shape index (κ2) is 7.09. The lowest BCUT2D eigenvalue weighted by molar-refractivity contribution is -0.192. The van der Waals surface area contributed by atoms with Gasteiger partial charge in [-0.25, -0.2) is 4.79 Å². The summed E-state index contributed by atoms with van der Waals surface area (Å²) in [4.78, 5) is 11.6. The molecule has 19 heavy (non-hydrogen) atoms. The van der Waals surface area contributed by atoms with E-state index in [0.29, 0.717) is 0 Å². The van der Waals surface area contributed by atoms with Crippen LogP contribution < -0.4 is 5.32 Å². The Bertz CT molecular complexity index is 293. The van der Waals surface area contributed by atoms with Crippen molar-refractivity contribution in [2.45, 2.75) is 38.4 Å². The SMILES string of the molecule is CC[C@H]1CNCCN1CC1CC1.O=C(O)C(F)(F)F. The van der Waals surface area contributed by atoms with Crippen molar-refractivity contribution in [3.05, 3.63) is 0 Å². The molecule has 1 saturated heterocycles. The monoisotopic (exact) mass is 282 g/mol. The Labute approximate surface area is 111 Å². The molecule has 1 saturated carbocycles. The van der Waals surface area contributed by atoms with Gasteiger partial charge in [0.15, 0.2) is 0 Å². The van der Waals surface area contributed by atoms with E-state index in [0.717, 1.165) is 12.0 Å². The average Bonchev–Trinajstić information content (AvgIpc) is 3.13. The molecule has 4 nitrogen and oxygen atoms in total. The average molecular weight is 282 g/mol. The summed E-state index contributed by atoms with van der Waals surface area (Å²) < 4.78 is 31.7. The van der Waals surface area contributed by atoms with Gasteiger partial charge in [-0.05, 0) is 25.2 Å². The van der Waals surface area contributed by atoms with Gasteiger partial charge in [0.05, 0.1) is 0 Å². The van der Waals surface area contributed by atoms with Crippen LogP contribution in [0.15, 0.2) is 0 Å². The van der Waals surface area contributed by atoms with Crippen molar-refractivity contribution in [3.63, 3.8) is 0 Å². The van der Waals surface area contributed by atoms with Crippen LogP contribution in [0.3, 0.4) is 0 Å². The summed E-state index contributed by atoms with van der Waals surface area (Å²) in [7, 11) is 0. The summed E-state index contributed by atoms with van der Waals surface area (Å²) in [6.45, 7) is 7.36.